The van der Waals surface area contributed by atoms with Gasteiger partial charge in [0.25, 0.3) is 5.91 Å². The summed E-state index contributed by atoms with van der Waals surface area (Å²) in [6, 6.07) is 8.80. The van der Waals surface area contributed by atoms with Gasteiger partial charge in [-0.15, -0.1) is 0 Å². The minimum Gasteiger partial charge on any atom is -0.490 e. The number of hydrogen-bond donors (Lipinski definition) is 1. The predicted octanol–water partition coefficient (Wildman–Crippen LogP) is 7.04. The molecule has 0 radical (unpaired) electrons. The molecule has 0 unspecified atom stereocenters. The van der Waals surface area contributed by atoms with Gasteiger partial charge >= 0.3 is 12.4 Å². The lowest BCUT2D eigenvalue weighted by Gasteiger charge is -2.31. The molecule has 0 bridgehead atoms. The highest BCUT2D eigenvalue weighted by atomic mass is 32.1. The maximum Gasteiger partial charge on any atom is 0.417 e. The van der Waals surface area contributed by atoms with Gasteiger partial charge in [-0.05, 0) is 56.3 Å². The van der Waals surface area contributed by atoms with E-state index in [0.717, 1.165) is 24.3 Å². The Kier molecular flexibility index (Phi) is 6.75. The zero-order valence-electron chi connectivity index (χ0n) is 22.5. The molecule has 43 heavy (non-hydrogen) atoms. The molecule has 0 atom stereocenters. The molecule has 4 aromatic rings. The number of halogens is 6. The molecule has 0 saturated carbocycles. The van der Waals surface area contributed by atoms with Gasteiger partial charge in [-0.1, -0.05) is 11.3 Å². The predicted molar refractivity (Wildman–Crippen MR) is 147 cm³/mol. The smallest absolute Gasteiger partial charge is 0.417 e. The van der Waals surface area contributed by atoms with Crippen LogP contribution in [0.1, 0.15) is 40.3 Å². The molecule has 2 aliphatic heterocycles. The fourth-order valence-corrected chi connectivity index (χ4v) is 5.89. The number of hydrogen-bond acceptors (Lipinski definition) is 8. The number of ether oxygens (including phenoxy) is 1. The maximum absolute atomic E-state index is 13.2. The van der Waals surface area contributed by atoms with Gasteiger partial charge in [0.15, 0.2) is 5.13 Å². The summed E-state index contributed by atoms with van der Waals surface area (Å²) >= 11 is 1.22. The van der Waals surface area contributed by atoms with Crippen LogP contribution in [0.4, 0.5) is 54.5 Å². The van der Waals surface area contributed by atoms with E-state index < -0.39 is 29.0 Å². The van der Waals surface area contributed by atoms with Crippen LogP contribution >= 0.6 is 11.3 Å². The van der Waals surface area contributed by atoms with Crippen LogP contribution < -0.4 is 19.9 Å². The molecule has 0 saturated heterocycles. The zero-order valence-corrected chi connectivity index (χ0v) is 23.4. The third-order valence-corrected chi connectivity index (χ3v) is 7.98. The van der Waals surface area contributed by atoms with Crippen LogP contribution in [-0.2, 0) is 18.8 Å². The van der Waals surface area contributed by atoms with Gasteiger partial charge in [0.2, 0.25) is 0 Å². The fraction of sp³-hybridized carbons (Fsp3) is 0.286. The lowest BCUT2D eigenvalue weighted by molar-refractivity contribution is -0.138. The van der Waals surface area contributed by atoms with Gasteiger partial charge in [0.05, 0.1) is 34.7 Å². The number of alkyl halides is 6. The van der Waals surface area contributed by atoms with E-state index in [2.05, 4.69) is 15.3 Å². The number of anilines is 5. The summed E-state index contributed by atoms with van der Waals surface area (Å²) in [5.74, 6) is 0.248. The second kappa shape index (κ2) is 10.1. The number of carbonyl (C=O) groups excluding carboxylic acids is 1. The minimum atomic E-state index is -4.63. The first-order valence-corrected chi connectivity index (χ1v) is 13.7. The quantitative estimate of drug-likeness (QED) is 0.245. The van der Waals surface area contributed by atoms with E-state index >= 15 is 0 Å². The molecule has 0 aliphatic carbocycles. The van der Waals surface area contributed by atoms with Crippen molar-refractivity contribution < 1.29 is 35.9 Å². The van der Waals surface area contributed by atoms with Gasteiger partial charge in [0, 0.05) is 24.4 Å². The topological polar surface area (TPSA) is 83.5 Å². The second-order valence-corrected chi connectivity index (χ2v) is 11.6. The highest BCUT2D eigenvalue weighted by molar-refractivity contribution is 7.17. The Morgan fingerprint density at radius 3 is 2.14 bits per heavy atom. The van der Waals surface area contributed by atoms with Crippen molar-refractivity contribution in [3.63, 3.8) is 0 Å². The monoisotopic (exact) mass is 620 g/mol. The van der Waals surface area contributed by atoms with Crippen LogP contribution in [0.25, 0.3) is 0 Å². The number of rotatable bonds is 4. The van der Waals surface area contributed by atoms with Crippen molar-refractivity contribution in [2.24, 2.45) is 0 Å². The van der Waals surface area contributed by atoms with E-state index in [1.54, 1.807) is 18.2 Å². The number of amides is 1. The summed E-state index contributed by atoms with van der Waals surface area (Å²) in [7, 11) is 0. The van der Waals surface area contributed by atoms with E-state index in [1.807, 2.05) is 18.7 Å². The number of nitrogens with zero attached hydrogens (tertiary/aromatic N) is 5. The molecule has 2 aliphatic rings. The number of thiazole rings is 1. The average molecular weight is 621 g/mol. The summed E-state index contributed by atoms with van der Waals surface area (Å²) in [6.07, 6.45) is -7.44. The first kappa shape index (κ1) is 28.7. The third kappa shape index (κ3) is 5.56. The molecule has 0 spiro atoms. The molecular weight excluding hydrogens is 598 g/mol. The molecular formula is C28H22F6N6O2S. The fourth-order valence-electron chi connectivity index (χ4n) is 4.88. The molecule has 3 aromatic heterocycles. The van der Waals surface area contributed by atoms with Crippen molar-refractivity contribution in [2.45, 2.75) is 38.2 Å². The van der Waals surface area contributed by atoms with E-state index in [0.29, 0.717) is 64.8 Å². The summed E-state index contributed by atoms with van der Waals surface area (Å²) < 4.78 is 85.3. The van der Waals surface area contributed by atoms with Crippen LogP contribution in [0.3, 0.4) is 0 Å². The van der Waals surface area contributed by atoms with Crippen molar-refractivity contribution in [1.82, 2.24) is 20.3 Å². The third-order valence-electron chi connectivity index (χ3n) is 6.86. The SMILES string of the molecule is CC1(C)Cc2nc(N3CCOc4ccc(N(c5ccc(C(F)(F)F)cn5)c5ccc(C(F)(F)F)cn5)cc43)sc2C(=O)N1. The Bertz CT molecular complexity index is 1630. The first-order valence-electron chi connectivity index (χ1n) is 12.9. The summed E-state index contributed by atoms with van der Waals surface area (Å²) in [4.78, 5) is 29.1. The zero-order chi connectivity index (χ0) is 30.7. The molecule has 224 valence electrons. The highest BCUT2D eigenvalue weighted by Gasteiger charge is 2.36. The summed E-state index contributed by atoms with van der Waals surface area (Å²) in [5.41, 5.74) is -0.882. The number of nitrogens with one attached hydrogen (secondary N) is 1. The number of aromatic nitrogens is 3. The maximum atomic E-state index is 13.2. The molecule has 1 amide bonds. The van der Waals surface area contributed by atoms with Crippen LogP contribution in [0, 0.1) is 0 Å². The van der Waals surface area contributed by atoms with E-state index in [-0.39, 0.29) is 17.5 Å². The van der Waals surface area contributed by atoms with Gasteiger partial charge < -0.3 is 15.0 Å². The molecule has 0 fully saturated rings. The Morgan fingerprint density at radius 2 is 1.58 bits per heavy atom. The molecule has 1 aromatic carbocycles. The Hall–Kier alpha value is -4.40. The van der Waals surface area contributed by atoms with Gasteiger partial charge in [-0.25, -0.2) is 15.0 Å². The van der Waals surface area contributed by atoms with E-state index in [1.165, 1.54) is 16.2 Å². The minimum absolute atomic E-state index is 0.00731. The van der Waals surface area contributed by atoms with Crippen LogP contribution in [-0.4, -0.2) is 39.5 Å². The number of benzene rings is 1. The van der Waals surface area contributed by atoms with Crippen molar-refractivity contribution >= 4 is 45.4 Å². The number of pyridine rings is 2. The lowest BCUT2D eigenvalue weighted by atomic mass is 9.94. The van der Waals surface area contributed by atoms with E-state index in [4.69, 9.17) is 9.72 Å². The molecule has 6 rings (SSSR count). The van der Waals surface area contributed by atoms with Crippen molar-refractivity contribution in [1.29, 1.82) is 0 Å². The normalized spacial score (nSPS) is 16.2. The van der Waals surface area contributed by atoms with Crippen molar-refractivity contribution in [3.8, 4) is 5.75 Å². The Balaban J connectivity index is 1.44. The van der Waals surface area contributed by atoms with Gasteiger partial charge in [-0.2, -0.15) is 26.3 Å². The standard InChI is InChI=1S/C28H22F6N6O2S/c1-26(2)12-18-23(24(41)38-26)43-25(37-18)39-9-10-42-20-6-5-17(11-19(20)39)40(21-7-3-15(13-35-21)27(29,30)31)22-8-4-16(14-36-22)28(32,33)34/h3-8,11,13-14H,9-10,12H2,1-2H3,(H,38,41). The largest absolute Gasteiger partial charge is 0.490 e. The molecule has 1 N–H and O–H groups in total. The lowest BCUT2D eigenvalue weighted by Crippen LogP contribution is -2.48. The van der Waals surface area contributed by atoms with Crippen LogP contribution in [0.5, 0.6) is 5.75 Å². The van der Waals surface area contributed by atoms with Crippen LogP contribution in [0.15, 0.2) is 54.9 Å². The second-order valence-electron chi connectivity index (χ2n) is 10.6. The summed E-state index contributed by atoms with van der Waals surface area (Å²) in [5, 5.41) is 3.51. The van der Waals surface area contributed by atoms with Crippen molar-refractivity contribution in [3.05, 3.63) is 76.6 Å². The molecule has 15 heteroatoms. The van der Waals surface area contributed by atoms with E-state index in [9.17, 15) is 31.1 Å². The van der Waals surface area contributed by atoms with Crippen molar-refractivity contribution in [2.75, 3.05) is 23.0 Å². The number of fused-ring (bicyclic) bond motifs is 2. The summed E-state index contributed by atoms with van der Waals surface area (Å²) in [6.45, 7) is 4.51. The molecule has 8 nitrogen and oxygen atoms in total. The average Bonchev–Trinajstić information content (AvgIpc) is 3.36. The van der Waals surface area contributed by atoms with Crippen LogP contribution in [0.2, 0.25) is 0 Å². The Labute approximate surface area is 245 Å². The highest BCUT2D eigenvalue weighted by Crippen LogP contribution is 2.44. The molecule has 5 heterocycles. The Morgan fingerprint density at radius 1 is 0.953 bits per heavy atom. The number of carbonyl (C=O) groups is 1. The first-order chi connectivity index (χ1) is 20.2. The van der Waals surface area contributed by atoms with Gasteiger partial charge in [0.1, 0.15) is 28.9 Å². The van der Waals surface area contributed by atoms with Gasteiger partial charge in [-0.3, -0.25) is 9.69 Å².